The van der Waals surface area contributed by atoms with E-state index in [-0.39, 0.29) is 0 Å². The molecule has 32 heavy (non-hydrogen) atoms. The summed E-state index contributed by atoms with van der Waals surface area (Å²) in [6, 6.07) is 15.4. The van der Waals surface area contributed by atoms with E-state index in [1.54, 1.807) is 17.8 Å². The second-order valence-electron chi connectivity index (χ2n) is 6.80. The molecule has 0 amide bonds. The zero-order valence-corrected chi connectivity index (χ0v) is 19.5. The molecule has 0 unspecified atom stereocenters. The molecule has 1 N–H and O–H groups in total. The minimum atomic E-state index is 0.678. The Kier molecular flexibility index (Phi) is 5.60. The molecule has 0 saturated heterocycles. The molecular formula is C22H17ClN6OS2. The molecule has 0 saturated carbocycles. The van der Waals surface area contributed by atoms with Crippen molar-refractivity contribution in [3.8, 4) is 28.3 Å². The fourth-order valence-corrected chi connectivity index (χ4v) is 4.71. The molecule has 0 spiro atoms. The van der Waals surface area contributed by atoms with E-state index in [0.717, 1.165) is 43.9 Å². The number of aryl methyl sites for hydroxylation is 1. The molecule has 160 valence electrons. The molecule has 7 nitrogen and oxygen atoms in total. The molecule has 0 aliphatic heterocycles. The Bertz CT molecular complexity index is 1400. The summed E-state index contributed by atoms with van der Waals surface area (Å²) in [6.07, 6.45) is 1.72. The van der Waals surface area contributed by atoms with E-state index in [4.69, 9.17) is 21.3 Å². The normalized spacial score (nSPS) is 11.5. The van der Waals surface area contributed by atoms with Gasteiger partial charge in [-0.3, -0.25) is 5.43 Å². The Morgan fingerprint density at radius 3 is 2.56 bits per heavy atom. The van der Waals surface area contributed by atoms with Gasteiger partial charge in [0.25, 0.3) is 0 Å². The zero-order valence-electron chi connectivity index (χ0n) is 17.1. The van der Waals surface area contributed by atoms with E-state index < -0.39 is 0 Å². The molecule has 0 bridgehead atoms. The predicted molar refractivity (Wildman–Crippen MR) is 131 cm³/mol. The summed E-state index contributed by atoms with van der Waals surface area (Å²) in [4.78, 5) is 10.2. The molecule has 3 heterocycles. The molecule has 2 aromatic carbocycles. The zero-order chi connectivity index (χ0) is 22.1. The van der Waals surface area contributed by atoms with Crippen molar-refractivity contribution in [1.82, 2.24) is 19.6 Å². The number of imidazole rings is 1. The van der Waals surface area contributed by atoms with Crippen LogP contribution in [0.5, 0.6) is 5.75 Å². The number of ether oxygens (including phenoxy) is 1. The van der Waals surface area contributed by atoms with Crippen LogP contribution in [0.1, 0.15) is 10.7 Å². The first-order valence-electron chi connectivity index (χ1n) is 9.62. The first-order valence-corrected chi connectivity index (χ1v) is 11.7. The van der Waals surface area contributed by atoms with Crippen molar-refractivity contribution >= 4 is 50.6 Å². The number of rotatable bonds is 6. The van der Waals surface area contributed by atoms with E-state index in [2.05, 4.69) is 20.6 Å². The van der Waals surface area contributed by atoms with Gasteiger partial charge in [0.05, 0.1) is 19.0 Å². The van der Waals surface area contributed by atoms with Crippen molar-refractivity contribution in [1.29, 1.82) is 0 Å². The first kappa shape index (κ1) is 20.6. The van der Waals surface area contributed by atoms with Gasteiger partial charge in [0, 0.05) is 21.5 Å². The molecule has 5 aromatic rings. The summed E-state index contributed by atoms with van der Waals surface area (Å²) in [5, 5.41) is 13.3. The Labute approximate surface area is 197 Å². The maximum Gasteiger partial charge on any atom is 0.213 e. The minimum Gasteiger partial charge on any atom is -0.497 e. The maximum absolute atomic E-state index is 6.05. The quantitative estimate of drug-likeness (QED) is 0.238. The van der Waals surface area contributed by atoms with Gasteiger partial charge in [-0.1, -0.05) is 35.1 Å². The van der Waals surface area contributed by atoms with Gasteiger partial charge in [-0.15, -0.1) is 11.3 Å². The van der Waals surface area contributed by atoms with Crippen molar-refractivity contribution in [3.05, 3.63) is 69.6 Å². The number of halogens is 1. The maximum atomic E-state index is 6.05. The number of thiazole rings is 1. The molecule has 0 aliphatic carbocycles. The lowest BCUT2D eigenvalue weighted by molar-refractivity contribution is 0.415. The Balaban J connectivity index is 1.41. The summed E-state index contributed by atoms with van der Waals surface area (Å²) < 4.78 is 7.02. The van der Waals surface area contributed by atoms with Crippen LogP contribution in [0, 0.1) is 6.92 Å². The lowest BCUT2D eigenvalue weighted by atomic mass is 10.1. The highest BCUT2D eigenvalue weighted by atomic mass is 35.5. The lowest BCUT2D eigenvalue weighted by Gasteiger charge is -2.01. The largest absolute Gasteiger partial charge is 0.497 e. The Morgan fingerprint density at radius 2 is 1.81 bits per heavy atom. The van der Waals surface area contributed by atoms with Crippen molar-refractivity contribution in [3.63, 3.8) is 0 Å². The van der Waals surface area contributed by atoms with Crippen molar-refractivity contribution in [2.24, 2.45) is 5.10 Å². The highest BCUT2D eigenvalue weighted by Gasteiger charge is 2.16. The van der Waals surface area contributed by atoms with Gasteiger partial charge in [0.1, 0.15) is 22.1 Å². The number of aromatic nitrogens is 4. The third-order valence-corrected chi connectivity index (χ3v) is 6.52. The first-order chi connectivity index (χ1) is 15.6. The fourth-order valence-electron chi connectivity index (χ4n) is 3.16. The van der Waals surface area contributed by atoms with Gasteiger partial charge in [0.15, 0.2) is 0 Å². The number of benzene rings is 2. The highest BCUT2D eigenvalue weighted by molar-refractivity contribution is 7.16. The van der Waals surface area contributed by atoms with Gasteiger partial charge in [-0.05, 0) is 43.3 Å². The van der Waals surface area contributed by atoms with Crippen LogP contribution in [0.15, 0.2) is 59.0 Å². The van der Waals surface area contributed by atoms with E-state index >= 15 is 0 Å². The van der Waals surface area contributed by atoms with Crippen molar-refractivity contribution in [2.75, 3.05) is 12.5 Å². The topological polar surface area (TPSA) is 76.7 Å². The minimum absolute atomic E-state index is 0.678. The van der Waals surface area contributed by atoms with E-state index in [1.165, 1.54) is 22.7 Å². The summed E-state index contributed by atoms with van der Waals surface area (Å²) in [5.74, 6) is 0.813. The van der Waals surface area contributed by atoms with E-state index in [1.807, 2.05) is 60.8 Å². The predicted octanol–water partition coefficient (Wildman–Crippen LogP) is 6.00. The molecule has 5 rings (SSSR count). The number of nitrogens with one attached hydrogen (secondary N) is 1. The molecular weight excluding hydrogens is 464 g/mol. The number of anilines is 1. The van der Waals surface area contributed by atoms with Crippen LogP contribution in [-0.2, 0) is 0 Å². The van der Waals surface area contributed by atoms with Crippen LogP contribution >= 0.6 is 34.3 Å². The van der Waals surface area contributed by atoms with Crippen LogP contribution < -0.4 is 10.2 Å². The molecule has 3 aromatic heterocycles. The number of hydrazone groups is 1. The van der Waals surface area contributed by atoms with Crippen molar-refractivity contribution in [2.45, 2.75) is 6.92 Å². The van der Waals surface area contributed by atoms with E-state index in [9.17, 15) is 0 Å². The molecule has 0 aliphatic rings. The van der Waals surface area contributed by atoms with Crippen LogP contribution in [0.4, 0.5) is 5.13 Å². The van der Waals surface area contributed by atoms with Crippen LogP contribution in [-0.4, -0.2) is 32.9 Å². The average molecular weight is 481 g/mol. The summed E-state index contributed by atoms with van der Waals surface area (Å²) in [5.41, 5.74) is 7.43. The van der Waals surface area contributed by atoms with Gasteiger partial charge < -0.3 is 4.74 Å². The fraction of sp³-hybridized carbons (Fsp3) is 0.0909. The van der Waals surface area contributed by atoms with Crippen molar-refractivity contribution < 1.29 is 4.74 Å². The highest BCUT2D eigenvalue weighted by Crippen LogP contribution is 2.28. The standard InChI is InChI=1S/C22H17ClN6OS2/c1-13-28-29-19(20(26-22(29)32-13)15-3-7-16(23)8-4-15)11-24-27-21-25-18(12-31-21)14-5-9-17(30-2)10-6-14/h3-12H,1-2H3,(H,25,27)/b24-11+. The van der Waals surface area contributed by atoms with Gasteiger partial charge in [-0.25, -0.2) is 14.5 Å². The number of nitrogens with zero attached hydrogens (tertiary/aromatic N) is 5. The number of hydrogen-bond donors (Lipinski definition) is 1. The smallest absolute Gasteiger partial charge is 0.213 e. The van der Waals surface area contributed by atoms with Gasteiger partial charge in [-0.2, -0.15) is 10.2 Å². The second kappa shape index (κ2) is 8.70. The Hall–Kier alpha value is -3.27. The van der Waals surface area contributed by atoms with Gasteiger partial charge in [0.2, 0.25) is 10.1 Å². The molecule has 0 radical (unpaired) electrons. The molecule has 0 atom stereocenters. The van der Waals surface area contributed by atoms with E-state index in [0.29, 0.717) is 10.2 Å². The SMILES string of the molecule is COc1ccc(-c2csc(N/N=C/c3c(-c4ccc(Cl)cc4)nc4sc(C)nn34)n2)cc1. The second-order valence-corrected chi connectivity index (χ2v) is 9.26. The summed E-state index contributed by atoms with van der Waals surface area (Å²) in [6.45, 7) is 1.96. The monoisotopic (exact) mass is 480 g/mol. The molecule has 0 fully saturated rings. The third-order valence-electron chi connectivity index (χ3n) is 4.69. The summed E-state index contributed by atoms with van der Waals surface area (Å²) in [7, 11) is 1.65. The average Bonchev–Trinajstić information content (AvgIpc) is 3.50. The van der Waals surface area contributed by atoms with Crippen LogP contribution in [0.2, 0.25) is 5.02 Å². The van der Waals surface area contributed by atoms with Crippen LogP contribution in [0.3, 0.4) is 0 Å². The lowest BCUT2D eigenvalue weighted by Crippen LogP contribution is -1.97. The summed E-state index contributed by atoms with van der Waals surface area (Å²) >= 11 is 9.06. The number of fused-ring (bicyclic) bond motifs is 1. The third kappa shape index (κ3) is 4.10. The van der Waals surface area contributed by atoms with Gasteiger partial charge >= 0.3 is 0 Å². The van der Waals surface area contributed by atoms with Crippen LogP contribution in [0.25, 0.3) is 27.5 Å². The molecule has 10 heteroatoms. The number of methoxy groups -OCH3 is 1. The number of hydrogen-bond acceptors (Lipinski definition) is 8. The Morgan fingerprint density at radius 1 is 1.06 bits per heavy atom.